The third-order valence-electron chi connectivity index (χ3n) is 2.46. The Morgan fingerprint density at radius 3 is 2.89 bits per heavy atom. The van der Waals surface area contributed by atoms with E-state index in [2.05, 4.69) is 5.32 Å². The average Bonchev–Trinajstić information content (AvgIpc) is 2.64. The molecule has 1 aliphatic rings. The van der Waals surface area contributed by atoms with Gasteiger partial charge in [-0.25, -0.2) is 4.79 Å². The molecule has 0 saturated carbocycles. The molecule has 1 aromatic rings. The lowest BCUT2D eigenvalue weighted by Crippen LogP contribution is -2.12. The van der Waals surface area contributed by atoms with Crippen LogP contribution >= 0.6 is 0 Å². The number of carbonyl (C=O) groups excluding carboxylic acids is 3. The number of ketones is 1. The molecule has 0 aromatic heterocycles. The molecule has 0 bridgehead atoms. The normalized spacial score (nSPS) is 13.6. The maximum Gasteiger partial charge on any atom is 0.330 e. The molecule has 5 nitrogen and oxygen atoms in total. The monoisotopic (exact) mass is 245 g/mol. The van der Waals surface area contributed by atoms with Gasteiger partial charge >= 0.3 is 5.97 Å². The highest BCUT2D eigenvalue weighted by atomic mass is 16.5. The van der Waals surface area contributed by atoms with E-state index >= 15 is 0 Å². The fourth-order valence-corrected chi connectivity index (χ4v) is 1.71. The number of esters is 1. The summed E-state index contributed by atoms with van der Waals surface area (Å²) in [6.45, 7) is 1.99. The van der Waals surface area contributed by atoms with Crippen molar-refractivity contribution in [3.05, 3.63) is 35.4 Å². The second kappa shape index (κ2) is 4.83. The van der Waals surface area contributed by atoms with E-state index in [0.717, 1.165) is 0 Å². The molecular formula is C13H11NO4. The summed E-state index contributed by atoms with van der Waals surface area (Å²) in [6.07, 6.45) is 2.70. The van der Waals surface area contributed by atoms with Crippen molar-refractivity contribution in [2.45, 2.75) is 6.92 Å². The van der Waals surface area contributed by atoms with Crippen molar-refractivity contribution >= 4 is 29.4 Å². The Hall–Kier alpha value is -2.43. The summed E-state index contributed by atoms with van der Waals surface area (Å²) in [6, 6.07) is 5.00. The third-order valence-corrected chi connectivity index (χ3v) is 2.46. The van der Waals surface area contributed by atoms with Crippen LogP contribution in [0.15, 0.2) is 24.3 Å². The number of carbonyl (C=O) groups is 3. The summed E-state index contributed by atoms with van der Waals surface area (Å²) in [5, 5.41) is 2.46. The Labute approximate surface area is 103 Å². The van der Waals surface area contributed by atoms with Gasteiger partial charge in [0.25, 0.3) is 11.7 Å². The lowest BCUT2D eigenvalue weighted by atomic mass is 10.0. The molecule has 0 unspecified atom stereocenters. The second-order valence-corrected chi connectivity index (χ2v) is 3.64. The van der Waals surface area contributed by atoms with Gasteiger partial charge < -0.3 is 10.1 Å². The van der Waals surface area contributed by atoms with E-state index in [-0.39, 0.29) is 6.61 Å². The summed E-state index contributed by atoms with van der Waals surface area (Å²) in [5.74, 6) is -1.73. The lowest BCUT2D eigenvalue weighted by Gasteiger charge is -2.00. The van der Waals surface area contributed by atoms with Crippen molar-refractivity contribution in [2.24, 2.45) is 0 Å². The number of anilines is 1. The van der Waals surface area contributed by atoms with Gasteiger partial charge in [0.15, 0.2) is 0 Å². The number of ether oxygens (including phenoxy) is 1. The number of rotatable bonds is 3. The molecule has 0 aliphatic carbocycles. The van der Waals surface area contributed by atoms with Crippen molar-refractivity contribution < 1.29 is 19.1 Å². The molecule has 1 amide bonds. The minimum absolute atomic E-state index is 0.287. The third kappa shape index (κ3) is 2.15. The molecule has 1 aliphatic heterocycles. The van der Waals surface area contributed by atoms with Crippen molar-refractivity contribution in [1.82, 2.24) is 0 Å². The molecule has 1 aromatic carbocycles. The van der Waals surface area contributed by atoms with E-state index in [4.69, 9.17) is 4.74 Å². The molecule has 0 radical (unpaired) electrons. The Kier molecular flexibility index (Phi) is 3.23. The number of nitrogens with one attached hydrogen (secondary N) is 1. The van der Waals surface area contributed by atoms with Gasteiger partial charge in [-0.3, -0.25) is 9.59 Å². The van der Waals surface area contributed by atoms with Gasteiger partial charge in [-0.1, -0.05) is 12.1 Å². The molecule has 0 saturated heterocycles. The first-order chi connectivity index (χ1) is 8.63. The molecule has 5 heteroatoms. The van der Waals surface area contributed by atoms with Crippen LogP contribution in [0.5, 0.6) is 0 Å². The van der Waals surface area contributed by atoms with Gasteiger partial charge in [-0.15, -0.1) is 0 Å². The molecule has 1 heterocycles. The van der Waals surface area contributed by atoms with E-state index in [1.807, 2.05) is 0 Å². The van der Waals surface area contributed by atoms with Gasteiger partial charge in [0.05, 0.1) is 17.9 Å². The number of amides is 1. The predicted octanol–water partition coefficient (Wildman–Crippen LogP) is 1.40. The molecule has 1 N–H and O–H groups in total. The van der Waals surface area contributed by atoms with Gasteiger partial charge in [0.2, 0.25) is 0 Å². The van der Waals surface area contributed by atoms with Crippen molar-refractivity contribution in [2.75, 3.05) is 11.9 Å². The van der Waals surface area contributed by atoms with Crippen LogP contribution in [-0.2, 0) is 14.3 Å². The highest BCUT2D eigenvalue weighted by Crippen LogP contribution is 2.27. The fourth-order valence-electron chi connectivity index (χ4n) is 1.71. The summed E-state index contributed by atoms with van der Waals surface area (Å²) in [4.78, 5) is 34.1. The summed E-state index contributed by atoms with van der Waals surface area (Å²) in [5.41, 5.74) is 1.28. The quantitative estimate of drug-likeness (QED) is 0.496. The van der Waals surface area contributed by atoms with E-state index in [1.54, 1.807) is 25.1 Å². The van der Waals surface area contributed by atoms with E-state index in [9.17, 15) is 14.4 Å². The lowest BCUT2D eigenvalue weighted by molar-refractivity contribution is -0.137. The van der Waals surface area contributed by atoms with Crippen LogP contribution in [0.2, 0.25) is 0 Å². The van der Waals surface area contributed by atoms with Gasteiger partial charge in [-0.2, -0.15) is 0 Å². The summed E-state index contributed by atoms with van der Waals surface area (Å²) in [7, 11) is 0. The van der Waals surface area contributed by atoms with E-state index in [0.29, 0.717) is 16.8 Å². The van der Waals surface area contributed by atoms with Crippen LogP contribution in [-0.4, -0.2) is 24.3 Å². The first-order valence-electron chi connectivity index (χ1n) is 5.47. The van der Waals surface area contributed by atoms with Crippen molar-refractivity contribution in [3.8, 4) is 0 Å². The fraction of sp³-hybridized carbons (Fsp3) is 0.154. The molecule has 92 valence electrons. The highest BCUT2D eigenvalue weighted by Gasteiger charge is 2.29. The molecule has 0 atom stereocenters. The zero-order valence-electron chi connectivity index (χ0n) is 9.73. The van der Waals surface area contributed by atoms with E-state index in [1.165, 1.54) is 12.2 Å². The van der Waals surface area contributed by atoms with Crippen molar-refractivity contribution in [1.29, 1.82) is 0 Å². The standard InChI is InChI=1S/C13H11NO4/c1-2-18-10(15)7-6-8-4-3-5-9-11(8)12(16)13(17)14-9/h3-7H,2H2,1H3,(H,14,16,17). The molecule has 0 fully saturated rings. The second-order valence-electron chi connectivity index (χ2n) is 3.64. The Balaban J connectivity index is 2.32. The topological polar surface area (TPSA) is 72.5 Å². The van der Waals surface area contributed by atoms with Gasteiger partial charge in [0, 0.05) is 6.08 Å². The van der Waals surface area contributed by atoms with Crippen LogP contribution < -0.4 is 5.32 Å². The predicted molar refractivity (Wildman–Crippen MR) is 65.1 cm³/mol. The molecule has 0 spiro atoms. The summed E-state index contributed by atoms with van der Waals surface area (Å²) < 4.78 is 4.74. The van der Waals surface area contributed by atoms with Crippen LogP contribution in [0.25, 0.3) is 6.08 Å². The maximum atomic E-state index is 11.6. The Morgan fingerprint density at radius 1 is 1.39 bits per heavy atom. The minimum Gasteiger partial charge on any atom is -0.463 e. The Bertz CT molecular complexity index is 560. The SMILES string of the molecule is CCOC(=O)C=Cc1cccc2c1C(=O)C(=O)N2. The van der Waals surface area contributed by atoms with Crippen LogP contribution in [0.1, 0.15) is 22.8 Å². The molecule has 18 heavy (non-hydrogen) atoms. The number of hydrogen-bond acceptors (Lipinski definition) is 4. The van der Waals surface area contributed by atoms with Gasteiger partial charge in [0.1, 0.15) is 0 Å². The zero-order chi connectivity index (χ0) is 13.1. The summed E-state index contributed by atoms with van der Waals surface area (Å²) >= 11 is 0. The van der Waals surface area contributed by atoms with Crippen LogP contribution in [0.3, 0.4) is 0 Å². The molecule has 2 rings (SSSR count). The molecular weight excluding hydrogens is 234 g/mol. The largest absolute Gasteiger partial charge is 0.463 e. The van der Waals surface area contributed by atoms with Crippen LogP contribution in [0, 0.1) is 0 Å². The number of hydrogen-bond donors (Lipinski definition) is 1. The first kappa shape index (κ1) is 12.0. The highest BCUT2D eigenvalue weighted by molar-refractivity contribution is 6.52. The Morgan fingerprint density at radius 2 is 2.17 bits per heavy atom. The van der Waals surface area contributed by atoms with Gasteiger partial charge in [-0.05, 0) is 24.6 Å². The number of Topliss-reactive ketones (excluding diaryl/α,β-unsaturated/α-hetero) is 1. The maximum absolute atomic E-state index is 11.6. The number of benzene rings is 1. The average molecular weight is 245 g/mol. The smallest absolute Gasteiger partial charge is 0.330 e. The van der Waals surface area contributed by atoms with Crippen LogP contribution in [0.4, 0.5) is 5.69 Å². The minimum atomic E-state index is -0.651. The zero-order valence-corrected chi connectivity index (χ0v) is 9.73. The van der Waals surface area contributed by atoms with Crippen molar-refractivity contribution in [3.63, 3.8) is 0 Å². The van der Waals surface area contributed by atoms with E-state index < -0.39 is 17.7 Å². The first-order valence-corrected chi connectivity index (χ1v) is 5.47. The number of fused-ring (bicyclic) bond motifs is 1.